The van der Waals surface area contributed by atoms with Crippen molar-refractivity contribution in [2.24, 2.45) is 0 Å². The molecule has 0 bridgehead atoms. The summed E-state index contributed by atoms with van der Waals surface area (Å²) < 4.78 is 0. The van der Waals surface area contributed by atoms with Gasteiger partial charge < -0.3 is 0 Å². The maximum Gasteiger partial charge on any atom is -0.00137 e. The highest BCUT2D eigenvalue weighted by atomic mass is 14.3. The molecule has 0 fully saturated rings. The molecule has 20 aromatic carbocycles. The zero-order valence-electron chi connectivity index (χ0n) is 55.0. The molecule has 0 aromatic heterocycles. The van der Waals surface area contributed by atoms with Gasteiger partial charge in [0.15, 0.2) is 0 Å². The molecule has 0 radical (unpaired) electrons. The Morgan fingerprint density at radius 3 is 0.540 bits per heavy atom. The third-order valence-corrected chi connectivity index (χ3v) is 20.9. The molecule has 0 nitrogen and oxygen atoms in total. The van der Waals surface area contributed by atoms with Crippen LogP contribution < -0.4 is 0 Å². The van der Waals surface area contributed by atoms with Gasteiger partial charge in [0.05, 0.1) is 0 Å². The third kappa shape index (κ3) is 9.99. The van der Waals surface area contributed by atoms with Crippen LogP contribution in [-0.2, 0) is 0 Å². The molecule has 0 aliphatic rings. The fourth-order valence-corrected chi connectivity index (χ4v) is 16.2. The van der Waals surface area contributed by atoms with Crippen molar-refractivity contribution in [3.63, 3.8) is 0 Å². The normalized spacial score (nSPS) is 11.6. The summed E-state index contributed by atoms with van der Waals surface area (Å²) in [4.78, 5) is 0. The van der Waals surface area contributed by atoms with Crippen LogP contribution in [0.15, 0.2) is 388 Å². The second-order valence-electron chi connectivity index (χ2n) is 26.4. The summed E-state index contributed by atoms with van der Waals surface area (Å²) in [5.41, 5.74) is 19.8. The standard InChI is InChI=1S/2C50H32/c1-3-15-33(16-4-1)35-19-13-21-37(29-35)45-31-47-39-23-7-8-24-40(39)48-32-46(38-22-14-20-36(30-38)34-17-5-2-6-18-34)42-26-10-12-28-44(42)50(48)49(47)43-27-11-9-25-41(43)45;1-3-13-33(14-4-1)35-23-27-37(28-24-35)45-31-47-39-17-7-8-18-40(39)48-32-46(38-29-25-36(26-30-38)34-15-5-2-6-16-34)42-20-10-12-22-44(42)50(48)49(47)43-21-11-9-19-41(43)45/h2*1-32H. The molecule has 0 spiro atoms. The van der Waals surface area contributed by atoms with Crippen LogP contribution in [0.2, 0.25) is 0 Å². The molecule has 0 atom stereocenters. The second-order valence-corrected chi connectivity index (χ2v) is 26.4. The zero-order valence-corrected chi connectivity index (χ0v) is 55.0. The lowest BCUT2D eigenvalue weighted by Crippen LogP contribution is -1.92. The Balaban J connectivity index is 0.000000139. The molecule has 0 heterocycles. The van der Waals surface area contributed by atoms with E-state index in [0.717, 1.165) is 0 Å². The lowest BCUT2D eigenvalue weighted by atomic mass is 9.84. The van der Waals surface area contributed by atoms with Crippen molar-refractivity contribution in [1.82, 2.24) is 0 Å². The first kappa shape index (κ1) is 58.4. The molecule has 0 N–H and O–H groups in total. The predicted molar refractivity (Wildman–Crippen MR) is 431 cm³/mol. The topological polar surface area (TPSA) is 0 Å². The Bertz CT molecular complexity index is 6170. The molecule has 20 aromatic rings. The number of benzene rings is 20. The van der Waals surface area contributed by atoms with E-state index in [-0.39, 0.29) is 0 Å². The van der Waals surface area contributed by atoms with E-state index in [1.807, 2.05) is 0 Å². The van der Waals surface area contributed by atoms with Crippen molar-refractivity contribution in [3.8, 4) is 89.0 Å². The molecule has 0 saturated carbocycles. The molecule has 0 aliphatic heterocycles. The van der Waals surface area contributed by atoms with Gasteiger partial charge in [-0.2, -0.15) is 0 Å². The van der Waals surface area contributed by atoms with E-state index in [9.17, 15) is 0 Å². The van der Waals surface area contributed by atoms with Gasteiger partial charge >= 0.3 is 0 Å². The second kappa shape index (κ2) is 24.6. The fourth-order valence-electron chi connectivity index (χ4n) is 16.2. The van der Waals surface area contributed by atoms with Crippen molar-refractivity contribution in [3.05, 3.63) is 388 Å². The summed E-state index contributed by atoms with van der Waals surface area (Å²) >= 11 is 0. The number of rotatable bonds is 8. The molecular formula is C100H64. The lowest BCUT2D eigenvalue weighted by molar-refractivity contribution is 1.61. The maximum absolute atomic E-state index is 2.45. The quantitative estimate of drug-likeness (QED) is 0.133. The molecule has 0 unspecified atom stereocenters. The van der Waals surface area contributed by atoms with E-state index in [2.05, 4.69) is 388 Å². The van der Waals surface area contributed by atoms with Crippen molar-refractivity contribution >= 4 is 108 Å². The zero-order chi connectivity index (χ0) is 66.0. The molecule has 0 amide bonds. The Morgan fingerprint density at radius 1 is 0.0900 bits per heavy atom. The Morgan fingerprint density at radius 2 is 0.270 bits per heavy atom. The van der Waals surface area contributed by atoms with E-state index in [1.165, 1.54) is 197 Å². The SMILES string of the molecule is c1ccc(-c2ccc(-c3cc4c5ccccc5c5cc(-c6ccc(-c7ccccc7)cc6)c6ccccc6c5c4c4ccccc34)cc2)cc1.c1ccc(-c2cccc(-c3cc4c5ccccc5c5cc(-c6cccc(-c7ccccc7)c6)c6ccccc6c5c4c4ccccc34)c2)cc1. The number of fused-ring (bicyclic) bond motifs is 20. The van der Waals surface area contributed by atoms with Crippen LogP contribution in [0.3, 0.4) is 0 Å². The first-order chi connectivity index (χ1) is 49.6. The molecule has 100 heavy (non-hydrogen) atoms. The Labute approximate surface area is 581 Å². The minimum atomic E-state index is 1.23. The van der Waals surface area contributed by atoms with Crippen LogP contribution in [0.25, 0.3) is 197 Å². The van der Waals surface area contributed by atoms with Crippen molar-refractivity contribution in [2.45, 2.75) is 0 Å². The summed E-state index contributed by atoms with van der Waals surface area (Å²) in [5, 5.41) is 25.8. The van der Waals surface area contributed by atoms with E-state index >= 15 is 0 Å². The van der Waals surface area contributed by atoms with Crippen LogP contribution in [0, 0.1) is 0 Å². The highest BCUT2D eigenvalue weighted by Gasteiger charge is 2.22. The van der Waals surface area contributed by atoms with Crippen LogP contribution >= 0.6 is 0 Å². The highest BCUT2D eigenvalue weighted by molar-refractivity contribution is 6.40. The monoisotopic (exact) mass is 1260 g/mol. The molecule has 20 rings (SSSR count). The third-order valence-electron chi connectivity index (χ3n) is 20.9. The van der Waals surface area contributed by atoms with Crippen LogP contribution in [0.1, 0.15) is 0 Å². The average Bonchev–Trinajstić information content (AvgIpc) is 0.711. The van der Waals surface area contributed by atoms with Crippen LogP contribution in [-0.4, -0.2) is 0 Å². The molecule has 464 valence electrons. The Kier molecular flexibility index (Phi) is 14.3. The van der Waals surface area contributed by atoms with E-state index < -0.39 is 0 Å². The molecule has 0 saturated heterocycles. The van der Waals surface area contributed by atoms with Gasteiger partial charge in [-0.05, 0) is 233 Å². The smallest absolute Gasteiger partial charge is 0.00137 e. The fraction of sp³-hybridized carbons (Fsp3) is 0. The lowest BCUT2D eigenvalue weighted by Gasteiger charge is -2.19. The largest absolute Gasteiger partial charge is 0.0622 e. The summed E-state index contributed by atoms with van der Waals surface area (Å²) in [6.07, 6.45) is 0. The van der Waals surface area contributed by atoms with E-state index in [4.69, 9.17) is 0 Å². The highest BCUT2D eigenvalue weighted by Crippen LogP contribution is 2.50. The van der Waals surface area contributed by atoms with Gasteiger partial charge in [-0.25, -0.2) is 0 Å². The van der Waals surface area contributed by atoms with Crippen molar-refractivity contribution in [1.29, 1.82) is 0 Å². The van der Waals surface area contributed by atoms with Crippen LogP contribution in [0.5, 0.6) is 0 Å². The summed E-state index contributed by atoms with van der Waals surface area (Å²) in [6.45, 7) is 0. The van der Waals surface area contributed by atoms with Gasteiger partial charge in [0, 0.05) is 0 Å². The number of hydrogen-bond donors (Lipinski definition) is 0. The first-order valence-electron chi connectivity index (χ1n) is 34.7. The minimum Gasteiger partial charge on any atom is -0.0622 e. The minimum absolute atomic E-state index is 1.23. The van der Waals surface area contributed by atoms with Gasteiger partial charge in [0.1, 0.15) is 0 Å². The van der Waals surface area contributed by atoms with Gasteiger partial charge in [-0.1, -0.05) is 352 Å². The van der Waals surface area contributed by atoms with Crippen molar-refractivity contribution in [2.75, 3.05) is 0 Å². The summed E-state index contributed by atoms with van der Waals surface area (Å²) in [7, 11) is 0. The Hall–Kier alpha value is -13.0. The van der Waals surface area contributed by atoms with Crippen LogP contribution in [0.4, 0.5) is 0 Å². The average molecular weight is 1270 g/mol. The predicted octanol–water partition coefficient (Wildman–Crippen LogP) is 28.2. The van der Waals surface area contributed by atoms with Gasteiger partial charge in [-0.15, -0.1) is 0 Å². The summed E-state index contributed by atoms with van der Waals surface area (Å²) in [5.74, 6) is 0. The van der Waals surface area contributed by atoms with E-state index in [0.29, 0.717) is 0 Å². The molecular weight excluding hydrogens is 1200 g/mol. The molecule has 0 aliphatic carbocycles. The van der Waals surface area contributed by atoms with Crippen molar-refractivity contribution < 1.29 is 0 Å². The number of hydrogen-bond acceptors (Lipinski definition) is 0. The summed E-state index contributed by atoms with van der Waals surface area (Å²) in [6, 6.07) is 142. The van der Waals surface area contributed by atoms with Gasteiger partial charge in [-0.3, -0.25) is 0 Å². The first-order valence-corrected chi connectivity index (χ1v) is 34.7. The van der Waals surface area contributed by atoms with Gasteiger partial charge in [0.25, 0.3) is 0 Å². The maximum atomic E-state index is 2.45. The van der Waals surface area contributed by atoms with Gasteiger partial charge in [0.2, 0.25) is 0 Å². The molecule has 0 heteroatoms. The van der Waals surface area contributed by atoms with E-state index in [1.54, 1.807) is 0 Å².